The second-order valence-electron chi connectivity index (χ2n) is 3.78. The largest absolute Gasteiger partial charge is 0.396 e. The van der Waals surface area contributed by atoms with Gasteiger partial charge in [-0.2, -0.15) is 0 Å². The summed E-state index contributed by atoms with van der Waals surface area (Å²) in [7, 11) is 0. The zero-order valence-electron chi connectivity index (χ0n) is 10.1. The molecule has 1 aromatic heterocycles. The monoisotopic (exact) mass is 223 g/mol. The molecule has 0 atom stereocenters. The molecule has 0 saturated carbocycles. The van der Waals surface area contributed by atoms with Crippen molar-refractivity contribution >= 4 is 11.5 Å². The number of nitrogen functional groups attached to an aromatic ring is 1. The van der Waals surface area contributed by atoms with Crippen LogP contribution in [0.1, 0.15) is 25.3 Å². The van der Waals surface area contributed by atoms with Crippen LogP contribution in [-0.4, -0.2) is 24.7 Å². The molecule has 0 radical (unpaired) electrons. The van der Waals surface area contributed by atoms with Crippen LogP contribution in [0.4, 0.5) is 11.5 Å². The second-order valence-corrected chi connectivity index (χ2v) is 3.78. The summed E-state index contributed by atoms with van der Waals surface area (Å²) < 4.78 is 5.43. The Bertz CT molecular complexity index is 315. The summed E-state index contributed by atoms with van der Waals surface area (Å²) in [6.45, 7) is 6.38. The van der Waals surface area contributed by atoms with Crippen molar-refractivity contribution in [3.05, 3.63) is 17.8 Å². The van der Waals surface area contributed by atoms with Gasteiger partial charge in [0.2, 0.25) is 0 Å². The average Bonchev–Trinajstić information content (AvgIpc) is 2.29. The van der Waals surface area contributed by atoms with E-state index in [1.54, 1.807) is 6.20 Å². The van der Waals surface area contributed by atoms with Crippen molar-refractivity contribution in [1.82, 2.24) is 4.98 Å². The Hall–Kier alpha value is -1.29. The summed E-state index contributed by atoms with van der Waals surface area (Å²) in [4.78, 5) is 4.18. The molecule has 0 aromatic carbocycles. The number of unbranched alkanes of at least 4 members (excludes halogenated alkanes) is 1. The van der Waals surface area contributed by atoms with Gasteiger partial charge in [-0.3, -0.25) is 0 Å². The molecule has 1 heterocycles. The van der Waals surface area contributed by atoms with E-state index in [-0.39, 0.29) is 0 Å². The smallest absolute Gasteiger partial charge is 0.149 e. The minimum atomic E-state index is 0.690. The maximum atomic E-state index is 5.88. The minimum Gasteiger partial charge on any atom is -0.396 e. The standard InChI is InChI=1S/C12H21N3O/c1-3-4-8-16-9-7-15-12-11(13)10(2)5-6-14-12/h5-6H,3-4,7-9,13H2,1-2H3,(H,14,15). The number of ether oxygens (including phenoxy) is 1. The van der Waals surface area contributed by atoms with E-state index >= 15 is 0 Å². The Kier molecular flexibility index (Phi) is 5.64. The molecular weight excluding hydrogens is 202 g/mol. The number of rotatable bonds is 7. The number of hydrogen-bond acceptors (Lipinski definition) is 4. The van der Waals surface area contributed by atoms with Gasteiger partial charge in [0, 0.05) is 19.3 Å². The van der Waals surface area contributed by atoms with Crippen LogP contribution in [0.5, 0.6) is 0 Å². The van der Waals surface area contributed by atoms with Crippen molar-refractivity contribution in [2.45, 2.75) is 26.7 Å². The topological polar surface area (TPSA) is 60.2 Å². The Morgan fingerprint density at radius 1 is 1.44 bits per heavy atom. The van der Waals surface area contributed by atoms with Crippen LogP contribution >= 0.6 is 0 Å². The number of nitrogens with two attached hydrogens (primary N) is 1. The molecular formula is C12H21N3O. The summed E-state index contributed by atoms with van der Waals surface area (Å²) in [5.74, 6) is 0.749. The van der Waals surface area contributed by atoms with Crippen molar-refractivity contribution in [3.8, 4) is 0 Å². The van der Waals surface area contributed by atoms with Gasteiger partial charge in [-0.15, -0.1) is 0 Å². The minimum absolute atomic E-state index is 0.690. The molecule has 0 spiro atoms. The number of nitrogens with one attached hydrogen (secondary N) is 1. The van der Waals surface area contributed by atoms with Gasteiger partial charge in [-0.05, 0) is 25.0 Å². The summed E-state index contributed by atoms with van der Waals surface area (Å²) in [6.07, 6.45) is 4.04. The third kappa shape index (κ3) is 4.06. The molecule has 90 valence electrons. The molecule has 16 heavy (non-hydrogen) atoms. The van der Waals surface area contributed by atoms with Gasteiger partial charge >= 0.3 is 0 Å². The van der Waals surface area contributed by atoms with Gasteiger partial charge in [0.05, 0.1) is 12.3 Å². The fourth-order valence-electron chi connectivity index (χ4n) is 1.30. The number of nitrogens with zero attached hydrogens (tertiary/aromatic N) is 1. The highest BCUT2D eigenvalue weighted by molar-refractivity contribution is 5.64. The lowest BCUT2D eigenvalue weighted by atomic mass is 10.2. The molecule has 1 aromatic rings. The fraction of sp³-hybridized carbons (Fsp3) is 0.583. The van der Waals surface area contributed by atoms with Crippen molar-refractivity contribution in [3.63, 3.8) is 0 Å². The molecule has 0 unspecified atom stereocenters. The summed E-state index contributed by atoms with van der Waals surface area (Å²) in [6, 6.07) is 1.90. The number of anilines is 2. The molecule has 0 aliphatic carbocycles. The Morgan fingerprint density at radius 2 is 2.25 bits per heavy atom. The first-order chi connectivity index (χ1) is 7.75. The highest BCUT2D eigenvalue weighted by atomic mass is 16.5. The van der Waals surface area contributed by atoms with E-state index < -0.39 is 0 Å². The van der Waals surface area contributed by atoms with Crippen molar-refractivity contribution in [2.24, 2.45) is 0 Å². The Balaban J connectivity index is 2.24. The highest BCUT2D eigenvalue weighted by Crippen LogP contribution is 2.17. The van der Waals surface area contributed by atoms with E-state index in [2.05, 4.69) is 17.2 Å². The van der Waals surface area contributed by atoms with E-state index in [9.17, 15) is 0 Å². The normalized spacial score (nSPS) is 10.4. The van der Waals surface area contributed by atoms with Gasteiger partial charge < -0.3 is 15.8 Å². The van der Waals surface area contributed by atoms with Crippen molar-refractivity contribution in [2.75, 3.05) is 30.8 Å². The van der Waals surface area contributed by atoms with Crippen molar-refractivity contribution in [1.29, 1.82) is 0 Å². The zero-order chi connectivity index (χ0) is 11.8. The van der Waals surface area contributed by atoms with Gasteiger partial charge in [0.1, 0.15) is 5.82 Å². The first kappa shape index (κ1) is 12.8. The Labute approximate surface area is 97.2 Å². The highest BCUT2D eigenvalue weighted by Gasteiger charge is 2.01. The van der Waals surface area contributed by atoms with Crippen LogP contribution in [0.25, 0.3) is 0 Å². The van der Waals surface area contributed by atoms with Crippen LogP contribution < -0.4 is 11.1 Å². The SMILES string of the molecule is CCCCOCCNc1nccc(C)c1N. The molecule has 4 heteroatoms. The van der Waals surface area contributed by atoms with Gasteiger partial charge in [-0.1, -0.05) is 13.3 Å². The Morgan fingerprint density at radius 3 is 3.00 bits per heavy atom. The van der Waals surface area contributed by atoms with Crippen LogP contribution in [0, 0.1) is 6.92 Å². The molecule has 0 aliphatic heterocycles. The van der Waals surface area contributed by atoms with E-state index in [0.29, 0.717) is 6.61 Å². The summed E-state index contributed by atoms with van der Waals surface area (Å²) >= 11 is 0. The molecule has 1 rings (SSSR count). The molecule has 0 saturated heterocycles. The molecule has 0 amide bonds. The zero-order valence-corrected chi connectivity index (χ0v) is 10.1. The molecule has 4 nitrogen and oxygen atoms in total. The van der Waals surface area contributed by atoms with E-state index in [1.165, 1.54) is 6.42 Å². The van der Waals surface area contributed by atoms with Crippen LogP contribution in [0.15, 0.2) is 12.3 Å². The lowest BCUT2D eigenvalue weighted by Gasteiger charge is -2.09. The summed E-state index contributed by atoms with van der Waals surface area (Å²) in [5.41, 5.74) is 7.64. The fourth-order valence-corrected chi connectivity index (χ4v) is 1.30. The first-order valence-electron chi connectivity index (χ1n) is 5.78. The van der Waals surface area contributed by atoms with E-state index in [0.717, 1.165) is 36.6 Å². The quantitative estimate of drug-likeness (QED) is 0.696. The molecule has 3 N–H and O–H groups in total. The maximum Gasteiger partial charge on any atom is 0.149 e. The first-order valence-corrected chi connectivity index (χ1v) is 5.78. The number of hydrogen-bond donors (Lipinski definition) is 2. The lowest BCUT2D eigenvalue weighted by molar-refractivity contribution is 0.141. The summed E-state index contributed by atoms with van der Waals surface area (Å²) in [5, 5.41) is 3.17. The second kappa shape index (κ2) is 7.06. The van der Waals surface area contributed by atoms with E-state index in [1.807, 2.05) is 13.0 Å². The predicted octanol–water partition coefficient (Wildman–Crippen LogP) is 2.20. The van der Waals surface area contributed by atoms with Crippen LogP contribution in [-0.2, 0) is 4.74 Å². The van der Waals surface area contributed by atoms with E-state index in [4.69, 9.17) is 10.5 Å². The van der Waals surface area contributed by atoms with Gasteiger partial charge in [0.25, 0.3) is 0 Å². The molecule has 0 aliphatic rings. The third-order valence-electron chi connectivity index (χ3n) is 2.39. The van der Waals surface area contributed by atoms with Crippen LogP contribution in [0.3, 0.4) is 0 Å². The number of aromatic nitrogens is 1. The van der Waals surface area contributed by atoms with Crippen LogP contribution in [0.2, 0.25) is 0 Å². The third-order valence-corrected chi connectivity index (χ3v) is 2.39. The van der Waals surface area contributed by atoms with Gasteiger partial charge in [-0.25, -0.2) is 4.98 Å². The average molecular weight is 223 g/mol. The maximum absolute atomic E-state index is 5.88. The molecule has 0 bridgehead atoms. The number of aryl methyl sites for hydroxylation is 1. The molecule has 0 fully saturated rings. The predicted molar refractivity (Wildman–Crippen MR) is 67.6 cm³/mol. The van der Waals surface area contributed by atoms with Gasteiger partial charge in [0.15, 0.2) is 0 Å². The van der Waals surface area contributed by atoms with Crippen molar-refractivity contribution < 1.29 is 4.74 Å². The number of pyridine rings is 1. The lowest BCUT2D eigenvalue weighted by Crippen LogP contribution is -2.12.